The van der Waals surface area contributed by atoms with Crippen LogP contribution in [0.15, 0.2) is 24.3 Å². The number of aliphatic carboxylic acids is 1. The number of anilines is 1. The maximum Gasteiger partial charge on any atom is 0.329 e. The Kier molecular flexibility index (Phi) is 3.97. The number of hydrogen-bond donors (Lipinski definition) is 2. The minimum atomic E-state index is -1.17. The van der Waals surface area contributed by atoms with Crippen molar-refractivity contribution in [3.05, 3.63) is 29.8 Å². The third-order valence-corrected chi connectivity index (χ3v) is 3.78. The van der Waals surface area contributed by atoms with Gasteiger partial charge in [0.15, 0.2) is 0 Å². The van der Waals surface area contributed by atoms with Gasteiger partial charge in [-0.15, -0.1) is 0 Å². The Morgan fingerprint density at radius 2 is 2.05 bits per heavy atom. The smallest absolute Gasteiger partial charge is 0.329 e. The van der Waals surface area contributed by atoms with Crippen LogP contribution in [0, 0.1) is 0 Å². The van der Waals surface area contributed by atoms with Gasteiger partial charge in [0.05, 0.1) is 0 Å². The summed E-state index contributed by atoms with van der Waals surface area (Å²) in [6, 6.07) is 6.52. The van der Waals surface area contributed by atoms with E-state index in [4.69, 9.17) is 0 Å². The van der Waals surface area contributed by atoms with E-state index in [2.05, 4.69) is 5.32 Å². The largest absolute Gasteiger partial charge is 0.480 e. The zero-order valence-electron chi connectivity index (χ0n) is 12.0. The van der Waals surface area contributed by atoms with Gasteiger partial charge >= 0.3 is 5.97 Å². The zero-order valence-corrected chi connectivity index (χ0v) is 12.0. The number of carbonyl (C=O) groups is 3. The maximum atomic E-state index is 12.6. The van der Waals surface area contributed by atoms with Crippen molar-refractivity contribution in [3.8, 4) is 0 Å². The molecule has 2 amide bonds. The average Bonchev–Trinajstić information content (AvgIpc) is 2.81. The first-order valence-electron chi connectivity index (χ1n) is 6.77. The Morgan fingerprint density at radius 1 is 1.33 bits per heavy atom. The third kappa shape index (κ3) is 2.89. The van der Waals surface area contributed by atoms with E-state index in [1.165, 1.54) is 11.8 Å². The van der Waals surface area contributed by atoms with Crippen molar-refractivity contribution in [2.45, 2.75) is 32.2 Å². The molecule has 1 unspecified atom stereocenters. The van der Waals surface area contributed by atoms with Gasteiger partial charge in [-0.25, -0.2) is 4.79 Å². The fourth-order valence-electron chi connectivity index (χ4n) is 2.60. The lowest BCUT2D eigenvalue weighted by atomic mass is 9.98. The predicted octanol–water partition coefficient (Wildman–Crippen LogP) is 1.72. The second-order valence-corrected chi connectivity index (χ2v) is 5.40. The number of nitrogens with one attached hydrogen (secondary N) is 1. The summed E-state index contributed by atoms with van der Waals surface area (Å²) in [5.41, 5.74) is -0.277. The highest BCUT2D eigenvalue weighted by molar-refractivity contribution is 5.99. The van der Waals surface area contributed by atoms with Crippen molar-refractivity contribution in [2.24, 2.45) is 0 Å². The molecule has 1 atom stereocenters. The molecule has 0 spiro atoms. The first-order valence-corrected chi connectivity index (χ1v) is 6.77. The highest BCUT2D eigenvalue weighted by Gasteiger charge is 2.46. The number of rotatable bonds is 3. The molecule has 0 aromatic heterocycles. The summed E-state index contributed by atoms with van der Waals surface area (Å²) in [5, 5.41) is 12.0. The molecule has 6 nitrogen and oxygen atoms in total. The Hall–Kier alpha value is -2.37. The number of carboxylic acid groups (broad SMARTS) is 1. The number of carboxylic acids is 1. The third-order valence-electron chi connectivity index (χ3n) is 3.78. The van der Waals surface area contributed by atoms with E-state index in [0.29, 0.717) is 30.6 Å². The fraction of sp³-hybridized carbons (Fsp3) is 0.400. The minimum absolute atomic E-state index is 0.226. The van der Waals surface area contributed by atoms with E-state index in [1.807, 2.05) is 0 Å². The second-order valence-electron chi connectivity index (χ2n) is 5.40. The Morgan fingerprint density at radius 3 is 2.67 bits per heavy atom. The molecule has 112 valence electrons. The van der Waals surface area contributed by atoms with E-state index in [0.717, 1.165) is 0 Å². The van der Waals surface area contributed by atoms with Gasteiger partial charge in [-0.2, -0.15) is 0 Å². The van der Waals surface area contributed by atoms with Crippen LogP contribution in [0.25, 0.3) is 0 Å². The lowest BCUT2D eigenvalue weighted by Gasteiger charge is -2.31. The molecular formula is C15H18N2O4. The number of nitrogens with zero attached hydrogens (tertiary/aromatic N) is 1. The molecule has 1 aliphatic rings. The Balaban J connectivity index is 2.28. The van der Waals surface area contributed by atoms with E-state index in [9.17, 15) is 19.5 Å². The standard InChI is InChI=1S/C15H18N2O4/c1-10(18)16-12-6-3-5-11(9-12)13(19)17-8-4-7-15(17,2)14(20)21/h3,5-6,9H,4,7-8H2,1-2H3,(H,16,18)(H,20,21). The number of benzene rings is 1. The molecule has 1 aromatic rings. The summed E-state index contributed by atoms with van der Waals surface area (Å²) >= 11 is 0. The van der Waals surface area contributed by atoms with Gasteiger partial charge < -0.3 is 15.3 Å². The average molecular weight is 290 g/mol. The number of carbonyl (C=O) groups excluding carboxylic acids is 2. The van der Waals surface area contributed by atoms with Crippen molar-refractivity contribution in [1.29, 1.82) is 0 Å². The molecule has 1 aliphatic heterocycles. The Labute approximate surface area is 122 Å². The van der Waals surface area contributed by atoms with Crippen LogP contribution in [0.1, 0.15) is 37.0 Å². The molecule has 6 heteroatoms. The minimum Gasteiger partial charge on any atom is -0.480 e. The molecule has 1 fully saturated rings. The van der Waals surface area contributed by atoms with Crippen molar-refractivity contribution < 1.29 is 19.5 Å². The first-order chi connectivity index (χ1) is 9.84. The first kappa shape index (κ1) is 15.0. The van der Waals surface area contributed by atoms with Crippen LogP contribution in [-0.4, -0.2) is 39.9 Å². The van der Waals surface area contributed by atoms with Crippen molar-refractivity contribution in [3.63, 3.8) is 0 Å². The summed E-state index contributed by atoms with van der Waals surface area (Å²) in [6.07, 6.45) is 1.11. The molecule has 21 heavy (non-hydrogen) atoms. The SMILES string of the molecule is CC(=O)Nc1cccc(C(=O)N2CCCC2(C)C(=O)O)c1. The van der Waals surface area contributed by atoms with Crippen molar-refractivity contribution in [1.82, 2.24) is 4.90 Å². The van der Waals surface area contributed by atoms with Crippen molar-refractivity contribution in [2.75, 3.05) is 11.9 Å². The van der Waals surface area contributed by atoms with Crippen LogP contribution in [-0.2, 0) is 9.59 Å². The van der Waals surface area contributed by atoms with Crippen LogP contribution < -0.4 is 5.32 Å². The molecule has 2 rings (SSSR count). The van der Waals surface area contributed by atoms with Crippen LogP contribution in [0.5, 0.6) is 0 Å². The van der Waals surface area contributed by atoms with Gasteiger partial charge in [0.25, 0.3) is 5.91 Å². The summed E-state index contributed by atoms with van der Waals surface area (Å²) in [6.45, 7) is 3.38. The highest BCUT2D eigenvalue weighted by atomic mass is 16.4. The second kappa shape index (κ2) is 5.55. The maximum absolute atomic E-state index is 12.6. The van der Waals surface area contributed by atoms with E-state index < -0.39 is 11.5 Å². The van der Waals surface area contributed by atoms with Gasteiger partial charge in [-0.1, -0.05) is 6.07 Å². The number of amides is 2. The molecule has 1 heterocycles. The monoisotopic (exact) mass is 290 g/mol. The molecule has 1 saturated heterocycles. The molecule has 0 aliphatic carbocycles. The summed E-state index contributed by atoms with van der Waals surface area (Å²) in [4.78, 5) is 36.4. The molecular weight excluding hydrogens is 272 g/mol. The summed E-state index contributed by atoms with van der Waals surface area (Å²) in [7, 11) is 0. The zero-order chi connectivity index (χ0) is 15.6. The lowest BCUT2D eigenvalue weighted by Crippen LogP contribution is -2.50. The molecule has 0 bridgehead atoms. The highest BCUT2D eigenvalue weighted by Crippen LogP contribution is 2.31. The van der Waals surface area contributed by atoms with Gasteiger partial charge in [0, 0.05) is 24.7 Å². The van der Waals surface area contributed by atoms with E-state index in [1.54, 1.807) is 31.2 Å². The molecule has 1 aromatic carbocycles. The molecule has 2 N–H and O–H groups in total. The quantitative estimate of drug-likeness (QED) is 0.887. The molecule has 0 radical (unpaired) electrons. The van der Waals surface area contributed by atoms with E-state index in [-0.39, 0.29) is 11.8 Å². The van der Waals surface area contributed by atoms with Crippen LogP contribution >= 0.6 is 0 Å². The number of hydrogen-bond acceptors (Lipinski definition) is 3. The fourth-order valence-corrected chi connectivity index (χ4v) is 2.60. The van der Waals surface area contributed by atoms with Crippen LogP contribution in [0.2, 0.25) is 0 Å². The molecule has 0 saturated carbocycles. The Bertz CT molecular complexity index is 599. The van der Waals surface area contributed by atoms with Gasteiger partial charge in [-0.05, 0) is 38.0 Å². The summed E-state index contributed by atoms with van der Waals surface area (Å²) < 4.78 is 0. The number of likely N-dealkylation sites (tertiary alicyclic amines) is 1. The predicted molar refractivity (Wildman–Crippen MR) is 77.1 cm³/mol. The topological polar surface area (TPSA) is 86.7 Å². The van der Waals surface area contributed by atoms with Gasteiger partial charge in [-0.3, -0.25) is 9.59 Å². The van der Waals surface area contributed by atoms with Crippen LogP contribution in [0.3, 0.4) is 0 Å². The normalized spacial score (nSPS) is 21.1. The van der Waals surface area contributed by atoms with Crippen molar-refractivity contribution >= 4 is 23.5 Å². The lowest BCUT2D eigenvalue weighted by molar-refractivity contribution is -0.147. The van der Waals surface area contributed by atoms with Gasteiger partial charge in [0.1, 0.15) is 5.54 Å². The summed E-state index contributed by atoms with van der Waals surface area (Å²) in [5.74, 6) is -1.55. The van der Waals surface area contributed by atoms with Crippen LogP contribution in [0.4, 0.5) is 5.69 Å². The van der Waals surface area contributed by atoms with E-state index >= 15 is 0 Å². The van der Waals surface area contributed by atoms with Gasteiger partial charge in [0.2, 0.25) is 5.91 Å².